The predicted octanol–water partition coefficient (Wildman–Crippen LogP) is 2.17. The fourth-order valence-electron chi connectivity index (χ4n) is 1.99. The van der Waals surface area contributed by atoms with Crippen molar-refractivity contribution < 1.29 is 14.3 Å². The van der Waals surface area contributed by atoms with Gasteiger partial charge in [-0.15, -0.1) is 0 Å². The lowest BCUT2D eigenvalue weighted by Crippen LogP contribution is -2.00. The van der Waals surface area contributed by atoms with Crippen LogP contribution in [-0.2, 0) is 6.42 Å². The summed E-state index contributed by atoms with van der Waals surface area (Å²) in [6, 6.07) is 5.31. The number of hydrogen-bond donors (Lipinski definition) is 2. The number of furan rings is 1. The topological polar surface area (TPSA) is 105 Å². The van der Waals surface area contributed by atoms with Crippen molar-refractivity contribution in [1.29, 1.82) is 0 Å². The molecule has 0 radical (unpaired) electrons. The van der Waals surface area contributed by atoms with E-state index in [0.717, 1.165) is 11.6 Å². The molecule has 22 heavy (non-hydrogen) atoms. The van der Waals surface area contributed by atoms with Gasteiger partial charge in [-0.25, -0.2) is 4.98 Å². The number of H-pyrrole nitrogens is 1. The first-order chi connectivity index (χ1) is 10.7. The number of ketones is 1. The summed E-state index contributed by atoms with van der Waals surface area (Å²) >= 11 is 0. The molecule has 0 aliphatic heterocycles. The van der Waals surface area contributed by atoms with E-state index in [4.69, 9.17) is 4.42 Å². The van der Waals surface area contributed by atoms with Crippen molar-refractivity contribution in [3.63, 3.8) is 0 Å². The van der Waals surface area contributed by atoms with Crippen molar-refractivity contribution in [3.05, 3.63) is 72.0 Å². The van der Waals surface area contributed by atoms with Crippen LogP contribution in [0.25, 0.3) is 5.76 Å². The molecule has 3 aromatic heterocycles. The van der Waals surface area contributed by atoms with Crippen LogP contribution < -0.4 is 0 Å². The summed E-state index contributed by atoms with van der Waals surface area (Å²) in [6.07, 6.45) is 7.63. The lowest BCUT2D eigenvalue weighted by atomic mass is 10.1. The molecule has 0 fully saturated rings. The van der Waals surface area contributed by atoms with Crippen LogP contribution in [0.3, 0.4) is 0 Å². The zero-order valence-electron chi connectivity index (χ0n) is 11.4. The number of pyridine rings is 1. The van der Waals surface area contributed by atoms with Crippen LogP contribution in [0.15, 0.2) is 53.7 Å². The largest absolute Gasteiger partial charge is 0.507 e. The van der Waals surface area contributed by atoms with Gasteiger partial charge < -0.3 is 9.52 Å². The van der Waals surface area contributed by atoms with Gasteiger partial charge in [-0.05, 0) is 23.8 Å². The lowest BCUT2D eigenvalue weighted by molar-refractivity contribution is 0.103. The number of hydrogen-bond acceptors (Lipinski definition) is 6. The minimum Gasteiger partial charge on any atom is -0.507 e. The van der Waals surface area contributed by atoms with E-state index in [1.165, 1.54) is 12.6 Å². The molecular formula is C15H12N4O3. The smallest absolute Gasteiger partial charge is 0.226 e. The molecule has 0 atom stereocenters. The number of aromatic nitrogens is 4. The highest BCUT2D eigenvalue weighted by molar-refractivity contribution is 6.05. The molecule has 0 aliphatic rings. The molecule has 0 saturated heterocycles. The van der Waals surface area contributed by atoms with Gasteiger partial charge in [0, 0.05) is 24.9 Å². The summed E-state index contributed by atoms with van der Waals surface area (Å²) in [7, 11) is 0. The molecule has 0 saturated carbocycles. The van der Waals surface area contributed by atoms with Crippen LogP contribution in [0.2, 0.25) is 0 Å². The second-order valence-corrected chi connectivity index (χ2v) is 4.52. The molecule has 0 aliphatic carbocycles. The monoisotopic (exact) mass is 296 g/mol. The number of aliphatic hydroxyl groups is 1. The number of allylic oxidation sites excluding steroid dienone is 1. The average Bonchev–Trinajstić information content (AvgIpc) is 3.19. The van der Waals surface area contributed by atoms with E-state index in [0.29, 0.717) is 17.7 Å². The first kappa shape index (κ1) is 13.7. The number of aliphatic hydroxyl groups excluding tert-OH is 1. The molecular weight excluding hydrogens is 284 g/mol. The molecule has 110 valence electrons. The zero-order chi connectivity index (χ0) is 15.4. The first-order valence-electron chi connectivity index (χ1n) is 6.50. The van der Waals surface area contributed by atoms with Crippen LogP contribution in [0.4, 0.5) is 0 Å². The summed E-state index contributed by atoms with van der Waals surface area (Å²) in [6.45, 7) is 0. The highest BCUT2D eigenvalue weighted by Gasteiger charge is 2.14. The maximum Gasteiger partial charge on any atom is 0.226 e. The molecule has 0 spiro atoms. The number of carbonyl (C=O) groups excluding carboxylic acids is 1. The third-order valence-corrected chi connectivity index (χ3v) is 3.05. The van der Waals surface area contributed by atoms with Crippen molar-refractivity contribution in [2.24, 2.45) is 0 Å². The standard InChI is InChI=1S/C15H12N4O3/c20-12(8-13(21)15-17-9-18-19-15)11-3-6-22-14(11)7-10-1-4-16-5-2-10/h1-6,8-9,20H,7H2,(H,17,18,19). The van der Waals surface area contributed by atoms with Gasteiger partial charge in [0.05, 0.1) is 11.8 Å². The summed E-state index contributed by atoms with van der Waals surface area (Å²) in [5.74, 6) is -0.0266. The Morgan fingerprint density at radius 1 is 1.32 bits per heavy atom. The predicted molar refractivity (Wildman–Crippen MR) is 77.1 cm³/mol. The van der Waals surface area contributed by atoms with Crippen LogP contribution in [0.5, 0.6) is 0 Å². The van der Waals surface area contributed by atoms with Crippen molar-refractivity contribution in [1.82, 2.24) is 20.2 Å². The molecule has 0 aromatic carbocycles. The van der Waals surface area contributed by atoms with Crippen LogP contribution in [0, 0.1) is 0 Å². The third kappa shape index (κ3) is 2.93. The Morgan fingerprint density at radius 3 is 2.86 bits per heavy atom. The second kappa shape index (κ2) is 6.04. The SMILES string of the molecule is O=C(C=C(O)c1ccoc1Cc1ccncc1)c1ncn[nH]1. The van der Waals surface area contributed by atoms with E-state index in [9.17, 15) is 9.90 Å². The number of nitrogens with zero attached hydrogens (tertiary/aromatic N) is 3. The van der Waals surface area contributed by atoms with Gasteiger partial charge in [-0.1, -0.05) is 0 Å². The molecule has 3 rings (SSSR count). The van der Waals surface area contributed by atoms with Crippen molar-refractivity contribution in [3.8, 4) is 0 Å². The van der Waals surface area contributed by atoms with Gasteiger partial charge in [0.2, 0.25) is 5.78 Å². The van der Waals surface area contributed by atoms with Gasteiger partial charge in [0.25, 0.3) is 0 Å². The van der Waals surface area contributed by atoms with Crippen molar-refractivity contribution in [2.75, 3.05) is 0 Å². The summed E-state index contributed by atoms with van der Waals surface area (Å²) in [5, 5.41) is 16.2. The summed E-state index contributed by atoms with van der Waals surface area (Å²) in [4.78, 5) is 19.6. The van der Waals surface area contributed by atoms with Gasteiger partial charge in [-0.2, -0.15) is 5.10 Å². The minimum atomic E-state index is -0.467. The maximum absolute atomic E-state index is 11.9. The Morgan fingerprint density at radius 2 is 2.14 bits per heavy atom. The molecule has 3 heterocycles. The molecule has 7 nitrogen and oxygen atoms in total. The molecule has 0 unspecified atom stereocenters. The number of aromatic amines is 1. The van der Waals surface area contributed by atoms with E-state index < -0.39 is 5.78 Å². The number of carbonyl (C=O) groups is 1. The lowest BCUT2D eigenvalue weighted by Gasteiger charge is -2.02. The molecule has 2 N–H and O–H groups in total. The zero-order valence-corrected chi connectivity index (χ0v) is 11.4. The normalized spacial score (nSPS) is 11.5. The Balaban J connectivity index is 1.83. The minimum absolute atomic E-state index is 0.0609. The fourth-order valence-corrected chi connectivity index (χ4v) is 1.99. The average molecular weight is 296 g/mol. The molecule has 7 heteroatoms. The summed E-state index contributed by atoms with van der Waals surface area (Å²) in [5.41, 5.74) is 1.45. The molecule has 0 bridgehead atoms. The van der Waals surface area contributed by atoms with Crippen LogP contribution in [0.1, 0.15) is 27.5 Å². The first-order valence-corrected chi connectivity index (χ1v) is 6.50. The van der Waals surface area contributed by atoms with Crippen LogP contribution in [-0.4, -0.2) is 31.1 Å². The second-order valence-electron chi connectivity index (χ2n) is 4.52. The van der Waals surface area contributed by atoms with Gasteiger partial charge in [-0.3, -0.25) is 14.9 Å². The van der Waals surface area contributed by atoms with Crippen molar-refractivity contribution in [2.45, 2.75) is 6.42 Å². The van der Waals surface area contributed by atoms with E-state index in [1.54, 1.807) is 18.5 Å². The van der Waals surface area contributed by atoms with Crippen molar-refractivity contribution >= 4 is 11.5 Å². The number of nitrogens with one attached hydrogen (secondary N) is 1. The van der Waals surface area contributed by atoms with E-state index in [2.05, 4.69) is 20.2 Å². The molecule has 3 aromatic rings. The Kier molecular flexibility index (Phi) is 3.78. The summed E-state index contributed by atoms with van der Waals surface area (Å²) < 4.78 is 5.39. The van der Waals surface area contributed by atoms with Gasteiger partial charge >= 0.3 is 0 Å². The van der Waals surface area contributed by atoms with E-state index in [1.807, 2.05) is 12.1 Å². The number of rotatable bonds is 5. The Hall–Kier alpha value is -3.22. The highest BCUT2D eigenvalue weighted by atomic mass is 16.3. The van der Waals surface area contributed by atoms with Gasteiger partial charge in [0.15, 0.2) is 5.82 Å². The molecule has 0 amide bonds. The van der Waals surface area contributed by atoms with E-state index in [-0.39, 0.29) is 11.6 Å². The quantitative estimate of drug-likeness (QED) is 0.424. The Bertz CT molecular complexity index is 791. The van der Waals surface area contributed by atoms with Gasteiger partial charge in [0.1, 0.15) is 17.8 Å². The third-order valence-electron chi connectivity index (χ3n) is 3.05. The maximum atomic E-state index is 11.9. The fraction of sp³-hybridized carbons (Fsp3) is 0.0667. The van der Waals surface area contributed by atoms with Crippen LogP contribution >= 0.6 is 0 Å². The van der Waals surface area contributed by atoms with E-state index >= 15 is 0 Å². The Labute approximate surface area is 125 Å². The highest BCUT2D eigenvalue weighted by Crippen LogP contribution is 2.21.